The van der Waals surface area contributed by atoms with Gasteiger partial charge in [-0.3, -0.25) is 0 Å². The molecule has 0 aliphatic heterocycles. The summed E-state index contributed by atoms with van der Waals surface area (Å²) in [6.07, 6.45) is 1.17. The van der Waals surface area contributed by atoms with Gasteiger partial charge >= 0.3 is 0 Å². The van der Waals surface area contributed by atoms with E-state index in [2.05, 4.69) is 0 Å². The molecule has 0 N–H and O–H groups in total. The second-order valence-electron chi connectivity index (χ2n) is 6.72. The van der Waals surface area contributed by atoms with Crippen LogP contribution in [0.15, 0.2) is 77.7 Å². The zero-order chi connectivity index (χ0) is 21.5. The Bertz CT molecular complexity index is 1330. The van der Waals surface area contributed by atoms with E-state index >= 15 is 0 Å². The number of rotatable bonds is 4. The fourth-order valence-corrected chi connectivity index (χ4v) is 4.21. The van der Waals surface area contributed by atoms with Crippen LogP contribution in [0.3, 0.4) is 0 Å². The molecule has 0 amide bonds. The first-order chi connectivity index (χ1) is 14.2. The lowest BCUT2D eigenvalue weighted by molar-refractivity contribution is 0.602. The van der Waals surface area contributed by atoms with E-state index in [1.165, 1.54) is 6.26 Å². The fraction of sp³-hybridized carbons (Fsp3) is 0.0455. The van der Waals surface area contributed by atoms with E-state index in [9.17, 15) is 8.42 Å². The highest BCUT2D eigenvalue weighted by atomic mass is 35.5. The fourth-order valence-electron chi connectivity index (χ4n) is 3.06. The lowest BCUT2D eigenvalue weighted by Crippen LogP contribution is -2.01. The summed E-state index contributed by atoms with van der Waals surface area (Å²) in [6.45, 7) is 0. The van der Waals surface area contributed by atoms with Crippen molar-refractivity contribution >= 4 is 44.6 Å². The molecule has 30 heavy (non-hydrogen) atoms. The molecule has 4 aromatic rings. The zero-order valence-electron chi connectivity index (χ0n) is 15.7. The van der Waals surface area contributed by atoms with Crippen molar-refractivity contribution in [3.05, 3.63) is 87.9 Å². The highest BCUT2D eigenvalue weighted by Gasteiger charge is 2.16. The first-order valence-corrected chi connectivity index (χ1v) is 11.9. The van der Waals surface area contributed by atoms with Gasteiger partial charge in [0.2, 0.25) is 0 Å². The van der Waals surface area contributed by atoms with Gasteiger partial charge in [-0.15, -0.1) is 0 Å². The first kappa shape index (κ1) is 20.9. The van der Waals surface area contributed by atoms with Crippen LogP contribution in [0.5, 0.6) is 0 Å². The molecule has 0 bridgehead atoms. The van der Waals surface area contributed by atoms with E-state index in [-0.39, 0.29) is 4.90 Å². The molecule has 0 aliphatic carbocycles. The van der Waals surface area contributed by atoms with Crippen LogP contribution in [0.4, 0.5) is 0 Å². The van der Waals surface area contributed by atoms with Gasteiger partial charge in [0.25, 0.3) is 0 Å². The molecular weight excluding hydrogens is 463 g/mol. The van der Waals surface area contributed by atoms with Crippen molar-refractivity contribution in [1.29, 1.82) is 0 Å². The molecule has 0 spiro atoms. The molecule has 0 atom stereocenters. The zero-order valence-corrected chi connectivity index (χ0v) is 18.8. The number of benzene rings is 3. The predicted molar refractivity (Wildman–Crippen MR) is 123 cm³/mol. The Morgan fingerprint density at radius 3 is 2.07 bits per heavy atom. The summed E-state index contributed by atoms with van der Waals surface area (Å²) in [5.41, 5.74) is 3.73. The summed E-state index contributed by atoms with van der Waals surface area (Å²) in [6, 6.07) is 21.0. The average molecular weight is 478 g/mol. The second kappa shape index (κ2) is 8.08. The maximum Gasteiger partial charge on any atom is 0.175 e. The van der Waals surface area contributed by atoms with Crippen molar-refractivity contribution in [2.24, 2.45) is 0 Å². The van der Waals surface area contributed by atoms with Crippen molar-refractivity contribution < 1.29 is 8.42 Å². The van der Waals surface area contributed by atoms with E-state index in [0.29, 0.717) is 32.0 Å². The Morgan fingerprint density at radius 1 is 0.800 bits per heavy atom. The van der Waals surface area contributed by atoms with Crippen molar-refractivity contribution in [2.75, 3.05) is 6.26 Å². The quantitative estimate of drug-likeness (QED) is 0.334. The van der Waals surface area contributed by atoms with Crippen LogP contribution in [0.1, 0.15) is 0 Å². The molecule has 152 valence electrons. The molecule has 0 unspecified atom stereocenters. The van der Waals surface area contributed by atoms with Crippen LogP contribution in [-0.2, 0) is 9.84 Å². The number of sulfone groups is 1. The summed E-state index contributed by atoms with van der Waals surface area (Å²) >= 11 is 18.6. The molecule has 0 radical (unpaired) electrons. The normalized spacial score (nSPS) is 11.6. The molecule has 0 aliphatic rings. The van der Waals surface area contributed by atoms with E-state index < -0.39 is 9.84 Å². The number of aromatic nitrogens is 2. The van der Waals surface area contributed by atoms with Gasteiger partial charge in [0.05, 0.1) is 27.0 Å². The monoisotopic (exact) mass is 476 g/mol. The van der Waals surface area contributed by atoms with Crippen molar-refractivity contribution in [1.82, 2.24) is 9.78 Å². The Labute approximate surface area is 189 Å². The molecule has 4 rings (SSSR count). The lowest BCUT2D eigenvalue weighted by Gasteiger charge is -2.08. The summed E-state index contributed by atoms with van der Waals surface area (Å²) in [4.78, 5) is 0.240. The van der Waals surface area contributed by atoms with Gasteiger partial charge < -0.3 is 0 Å². The van der Waals surface area contributed by atoms with Gasteiger partial charge in [-0.2, -0.15) is 5.10 Å². The van der Waals surface area contributed by atoms with E-state index in [0.717, 1.165) is 11.3 Å². The van der Waals surface area contributed by atoms with Crippen LogP contribution in [-0.4, -0.2) is 24.5 Å². The van der Waals surface area contributed by atoms with Crippen LogP contribution in [0, 0.1) is 0 Å². The topological polar surface area (TPSA) is 52.0 Å². The van der Waals surface area contributed by atoms with Crippen LogP contribution < -0.4 is 0 Å². The SMILES string of the molecule is CS(=O)(=O)c1ccc(-n2nc(-c3cc(Cl)ccc3Cl)cc2-c2ccc(Cl)cc2)cc1. The van der Waals surface area contributed by atoms with E-state index in [1.807, 2.05) is 18.2 Å². The molecule has 0 saturated carbocycles. The molecule has 3 aromatic carbocycles. The van der Waals surface area contributed by atoms with Crippen LogP contribution in [0.25, 0.3) is 28.2 Å². The number of hydrogen-bond donors (Lipinski definition) is 0. The largest absolute Gasteiger partial charge is 0.232 e. The standard InChI is InChI=1S/C22H15Cl3N2O2S/c1-30(28,29)18-9-7-17(8-10-18)27-22(14-2-4-15(23)5-3-14)13-21(26-27)19-12-16(24)6-11-20(19)25/h2-13H,1H3. The smallest absolute Gasteiger partial charge is 0.175 e. The predicted octanol–water partition coefficient (Wildman–Crippen LogP) is 6.57. The van der Waals surface area contributed by atoms with Crippen LogP contribution >= 0.6 is 34.8 Å². The molecule has 4 nitrogen and oxygen atoms in total. The molecule has 0 saturated heterocycles. The Balaban J connectivity index is 1.91. The summed E-state index contributed by atoms with van der Waals surface area (Å²) in [5, 5.41) is 6.44. The Hall–Kier alpha value is -2.31. The highest BCUT2D eigenvalue weighted by molar-refractivity contribution is 7.90. The Morgan fingerprint density at radius 2 is 1.43 bits per heavy atom. The minimum atomic E-state index is -3.29. The maximum atomic E-state index is 11.8. The van der Waals surface area contributed by atoms with Crippen LogP contribution in [0.2, 0.25) is 15.1 Å². The van der Waals surface area contributed by atoms with Crippen molar-refractivity contribution in [3.63, 3.8) is 0 Å². The second-order valence-corrected chi connectivity index (χ2v) is 10.0. The number of halogens is 3. The lowest BCUT2D eigenvalue weighted by atomic mass is 10.1. The van der Waals surface area contributed by atoms with E-state index in [1.54, 1.807) is 59.3 Å². The third-order valence-electron chi connectivity index (χ3n) is 4.56. The Kier molecular flexibility index (Phi) is 5.64. The van der Waals surface area contributed by atoms with Gasteiger partial charge in [0, 0.05) is 27.4 Å². The molecular formula is C22H15Cl3N2O2S. The molecule has 0 fully saturated rings. The van der Waals surface area contributed by atoms with Crippen molar-refractivity contribution in [3.8, 4) is 28.2 Å². The average Bonchev–Trinajstić information content (AvgIpc) is 3.15. The summed E-state index contributed by atoms with van der Waals surface area (Å²) in [5.74, 6) is 0. The third kappa shape index (κ3) is 4.25. The first-order valence-electron chi connectivity index (χ1n) is 8.84. The minimum Gasteiger partial charge on any atom is -0.232 e. The highest BCUT2D eigenvalue weighted by Crippen LogP contribution is 2.34. The maximum absolute atomic E-state index is 11.8. The summed E-state index contributed by atoms with van der Waals surface area (Å²) in [7, 11) is -3.29. The molecule has 8 heteroatoms. The van der Waals surface area contributed by atoms with Gasteiger partial charge in [-0.1, -0.05) is 46.9 Å². The number of nitrogens with zero attached hydrogens (tertiary/aromatic N) is 2. The molecule has 1 heterocycles. The van der Waals surface area contributed by atoms with Gasteiger partial charge in [-0.25, -0.2) is 13.1 Å². The third-order valence-corrected chi connectivity index (χ3v) is 6.51. The van der Waals surface area contributed by atoms with Gasteiger partial charge in [0.1, 0.15) is 0 Å². The van der Waals surface area contributed by atoms with Crippen molar-refractivity contribution in [2.45, 2.75) is 4.90 Å². The minimum absolute atomic E-state index is 0.240. The number of hydrogen-bond acceptors (Lipinski definition) is 3. The molecule has 1 aromatic heterocycles. The van der Waals surface area contributed by atoms with Gasteiger partial charge in [-0.05, 0) is 60.7 Å². The van der Waals surface area contributed by atoms with E-state index in [4.69, 9.17) is 39.9 Å². The van der Waals surface area contributed by atoms with Gasteiger partial charge in [0.15, 0.2) is 9.84 Å². The summed E-state index contributed by atoms with van der Waals surface area (Å²) < 4.78 is 25.3.